The summed E-state index contributed by atoms with van der Waals surface area (Å²) in [6, 6.07) is 0. The molecule has 1 fully saturated rings. The lowest BCUT2D eigenvalue weighted by atomic mass is 9.62. The summed E-state index contributed by atoms with van der Waals surface area (Å²) in [7, 11) is 0. The van der Waals surface area contributed by atoms with Crippen LogP contribution in [0.25, 0.3) is 0 Å². The van der Waals surface area contributed by atoms with Crippen molar-refractivity contribution in [2.24, 2.45) is 17.3 Å². The fraction of sp³-hybridized carbons (Fsp3) is 1.00. The third-order valence-corrected chi connectivity index (χ3v) is 4.10. The summed E-state index contributed by atoms with van der Waals surface area (Å²) in [6.45, 7) is 11.0. The maximum Gasteiger partial charge on any atom is 0.0670 e. The van der Waals surface area contributed by atoms with Crippen LogP contribution in [0.5, 0.6) is 0 Å². The van der Waals surface area contributed by atoms with Crippen LogP contribution in [0.3, 0.4) is 0 Å². The van der Waals surface area contributed by atoms with Crippen LogP contribution in [0.15, 0.2) is 0 Å². The first-order chi connectivity index (χ1) is 6.24. The maximum atomic E-state index is 10.3. The summed E-state index contributed by atoms with van der Waals surface area (Å²) in [5.74, 6) is 1.61. The highest BCUT2D eigenvalue weighted by molar-refractivity contribution is 4.95. The van der Waals surface area contributed by atoms with Gasteiger partial charge in [-0.15, -0.1) is 0 Å². The molecule has 1 N–H and O–H groups in total. The predicted molar refractivity (Wildman–Crippen MR) is 61.2 cm³/mol. The van der Waals surface area contributed by atoms with Crippen LogP contribution in [-0.2, 0) is 0 Å². The molecule has 0 spiro atoms. The van der Waals surface area contributed by atoms with Gasteiger partial charge in [0.05, 0.1) is 5.60 Å². The Kier molecular flexibility index (Phi) is 3.30. The van der Waals surface area contributed by atoms with Crippen molar-refractivity contribution in [1.82, 2.24) is 0 Å². The molecule has 1 nitrogen and oxygen atoms in total. The predicted octanol–water partition coefficient (Wildman–Crippen LogP) is 3.61. The van der Waals surface area contributed by atoms with Crippen LogP contribution in [0, 0.1) is 17.3 Å². The molecular weight excluding hydrogens is 172 g/mol. The minimum atomic E-state index is -0.458. The van der Waals surface area contributed by atoms with Gasteiger partial charge >= 0.3 is 0 Å². The lowest BCUT2D eigenvalue weighted by Crippen LogP contribution is -2.46. The smallest absolute Gasteiger partial charge is 0.0670 e. The van der Waals surface area contributed by atoms with E-state index in [2.05, 4.69) is 27.7 Å². The van der Waals surface area contributed by atoms with E-state index in [0.717, 1.165) is 18.3 Å². The third kappa shape index (κ3) is 2.50. The van der Waals surface area contributed by atoms with Gasteiger partial charge in [0.15, 0.2) is 0 Å². The van der Waals surface area contributed by atoms with Crippen molar-refractivity contribution in [3.8, 4) is 0 Å². The second-order valence-electron chi connectivity index (χ2n) is 6.40. The van der Waals surface area contributed by atoms with E-state index in [9.17, 15) is 5.11 Å². The maximum absolute atomic E-state index is 10.3. The Balaban J connectivity index is 2.59. The van der Waals surface area contributed by atoms with Gasteiger partial charge in [-0.1, -0.05) is 27.7 Å². The monoisotopic (exact) mass is 198 g/mol. The minimum Gasteiger partial charge on any atom is -0.390 e. The van der Waals surface area contributed by atoms with Gasteiger partial charge in [-0.25, -0.2) is 0 Å². The average molecular weight is 198 g/mol. The van der Waals surface area contributed by atoms with Crippen LogP contribution in [0.2, 0.25) is 0 Å². The first-order valence-electron chi connectivity index (χ1n) is 5.97. The number of rotatable bonds is 2. The van der Waals surface area contributed by atoms with E-state index in [1.54, 1.807) is 0 Å². The molecule has 0 saturated heterocycles. The molecule has 2 atom stereocenters. The molecule has 1 aliphatic rings. The zero-order chi connectivity index (χ0) is 11.0. The minimum absolute atomic E-state index is 0.0881. The van der Waals surface area contributed by atoms with Gasteiger partial charge in [0, 0.05) is 0 Å². The van der Waals surface area contributed by atoms with Crippen LogP contribution in [-0.4, -0.2) is 10.7 Å². The number of aliphatic hydroxyl groups is 1. The molecule has 14 heavy (non-hydrogen) atoms. The van der Waals surface area contributed by atoms with E-state index < -0.39 is 5.60 Å². The van der Waals surface area contributed by atoms with Crippen LogP contribution in [0.4, 0.5) is 0 Å². The lowest BCUT2D eigenvalue weighted by Gasteiger charge is -2.47. The SMILES string of the molecule is CC(C)C[C@H]1CCC(C)(O)C(C)(C)C1. The van der Waals surface area contributed by atoms with Crippen molar-refractivity contribution in [1.29, 1.82) is 0 Å². The van der Waals surface area contributed by atoms with Crippen molar-refractivity contribution in [3.05, 3.63) is 0 Å². The lowest BCUT2D eigenvalue weighted by molar-refractivity contribution is -0.0978. The van der Waals surface area contributed by atoms with Crippen molar-refractivity contribution < 1.29 is 5.11 Å². The van der Waals surface area contributed by atoms with E-state index in [0.29, 0.717) is 0 Å². The quantitative estimate of drug-likeness (QED) is 0.718. The third-order valence-electron chi connectivity index (χ3n) is 4.10. The summed E-state index contributed by atoms with van der Waals surface area (Å²) in [6.07, 6.45) is 4.67. The van der Waals surface area contributed by atoms with Crippen molar-refractivity contribution in [3.63, 3.8) is 0 Å². The molecule has 84 valence electrons. The molecule has 1 unspecified atom stereocenters. The highest BCUT2D eigenvalue weighted by Crippen LogP contribution is 2.47. The second-order valence-corrected chi connectivity index (χ2v) is 6.40. The normalized spacial score (nSPS) is 37.5. The first-order valence-corrected chi connectivity index (χ1v) is 5.97. The fourth-order valence-electron chi connectivity index (χ4n) is 2.74. The molecule has 1 heteroatoms. The van der Waals surface area contributed by atoms with Crippen molar-refractivity contribution >= 4 is 0 Å². The van der Waals surface area contributed by atoms with Gasteiger partial charge in [-0.2, -0.15) is 0 Å². The highest BCUT2D eigenvalue weighted by atomic mass is 16.3. The van der Waals surface area contributed by atoms with Gasteiger partial charge in [0.25, 0.3) is 0 Å². The molecule has 0 radical (unpaired) electrons. The molecule has 1 rings (SSSR count). The van der Waals surface area contributed by atoms with E-state index in [4.69, 9.17) is 0 Å². The molecule has 0 amide bonds. The molecule has 1 saturated carbocycles. The Labute approximate surface area is 88.9 Å². The Morgan fingerprint density at radius 1 is 1.29 bits per heavy atom. The molecule has 0 aromatic carbocycles. The van der Waals surface area contributed by atoms with E-state index >= 15 is 0 Å². The summed E-state index contributed by atoms with van der Waals surface area (Å²) in [5, 5.41) is 10.3. The van der Waals surface area contributed by atoms with Crippen molar-refractivity contribution in [2.75, 3.05) is 0 Å². The summed E-state index contributed by atoms with van der Waals surface area (Å²) in [5.41, 5.74) is -0.370. The number of hydrogen-bond donors (Lipinski definition) is 1. The molecule has 0 aromatic heterocycles. The van der Waals surface area contributed by atoms with Crippen LogP contribution < -0.4 is 0 Å². The topological polar surface area (TPSA) is 20.2 Å². The number of hydrogen-bond acceptors (Lipinski definition) is 1. The Bertz CT molecular complexity index is 191. The summed E-state index contributed by atoms with van der Waals surface area (Å²) < 4.78 is 0. The van der Waals surface area contributed by atoms with E-state index in [1.165, 1.54) is 19.3 Å². The largest absolute Gasteiger partial charge is 0.390 e. The Hall–Kier alpha value is -0.0400. The van der Waals surface area contributed by atoms with Crippen LogP contribution in [0.1, 0.15) is 60.3 Å². The summed E-state index contributed by atoms with van der Waals surface area (Å²) >= 11 is 0. The Morgan fingerprint density at radius 3 is 2.29 bits per heavy atom. The fourth-order valence-corrected chi connectivity index (χ4v) is 2.74. The van der Waals surface area contributed by atoms with Gasteiger partial charge < -0.3 is 5.11 Å². The van der Waals surface area contributed by atoms with Crippen LogP contribution >= 0.6 is 0 Å². The average Bonchev–Trinajstić information content (AvgIpc) is 1.96. The van der Waals surface area contributed by atoms with Crippen molar-refractivity contribution in [2.45, 2.75) is 65.9 Å². The second kappa shape index (κ2) is 3.84. The standard InChI is InChI=1S/C13H26O/c1-10(2)8-11-6-7-13(5,14)12(3,4)9-11/h10-11,14H,6-9H2,1-5H3/t11-,13?/m1/s1. The molecule has 0 bridgehead atoms. The molecule has 0 aromatic rings. The molecular formula is C13H26O. The molecule has 0 aliphatic heterocycles. The van der Waals surface area contributed by atoms with E-state index in [1.807, 2.05) is 6.92 Å². The Morgan fingerprint density at radius 2 is 1.86 bits per heavy atom. The van der Waals surface area contributed by atoms with Gasteiger partial charge in [0.2, 0.25) is 0 Å². The van der Waals surface area contributed by atoms with Gasteiger partial charge in [0.1, 0.15) is 0 Å². The van der Waals surface area contributed by atoms with Gasteiger partial charge in [-0.3, -0.25) is 0 Å². The zero-order valence-electron chi connectivity index (χ0n) is 10.4. The first kappa shape index (κ1) is 12.0. The molecule has 0 heterocycles. The zero-order valence-corrected chi connectivity index (χ0v) is 10.4. The summed E-state index contributed by atoms with van der Waals surface area (Å²) in [4.78, 5) is 0. The van der Waals surface area contributed by atoms with Gasteiger partial charge in [-0.05, 0) is 49.9 Å². The highest BCUT2D eigenvalue weighted by Gasteiger charge is 2.44. The van der Waals surface area contributed by atoms with E-state index in [-0.39, 0.29) is 5.41 Å². The molecule has 1 aliphatic carbocycles.